The molecule has 6 aliphatic rings. The highest BCUT2D eigenvalue weighted by Gasteiger charge is 2.58. The van der Waals surface area contributed by atoms with Gasteiger partial charge in [-0.05, 0) is 228 Å². The molecule has 6 atom stereocenters. The fourth-order valence-electron chi connectivity index (χ4n) is 23.1. The van der Waals surface area contributed by atoms with Gasteiger partial charge in [0.05, 0.1) is 0 Å². The van der Waals surface area contributed by atoms with Gasteiger partial charge in [0.2, 0.25) is 53.5 Å². The molecule has 6 unspecified atom stereocenters. The Kier molecular flexibility index (Phi) is 36.1. The van der Waals surface area contributed by atoms with Gasteiger partial charge < -0.3 is 74.7 Å². The number of unbranched alkanes of at least 4 members (excludes halogenated alkanes) is 10. The van der Waals surface area contributed by atoms with Gasteiger partial charge >= 0.3 is 0 Å². The molecular formula is C104H198N24. The molecule has 6 fully saturated rings. The Morgan fingerprint density at radius 3 is 0.609 bits per heavy atom. The van der Waals surface area contributed by atoms with Gasteiger partial charge in [-0.2, -0.15) is 44.9 Å². The summed E-state index contributed by atoms with van der Waals surface area (Å²) in [5, 5.41) is 12.1. The zero-order valence-electron chi connectivity index (χ0n) is 89.7. The van der Waals surface area contributed by atoms with Crippen LogP contribution in [0.2, 0.25) is 0 Å². The molecule has 6 saturated heterocycles. The molecule has 734 valence electrons. The lowest BCUT2D eigenvalue weighted by Crippen LogP contribution is -2.66. The minimum absolute atomic E-state index is 0.0449. The molecule has 6 aliphatic heterocycles. The fourth-order valence-corrected chi connectivity index (χ4v) is 23.1. The molecule has 0 saturated carbocycles. The number of nitrogens with one attached hydrogen (secondary N) is 3. The van der Waals surface area contributed by atoms with Crippen molar-refractivity contribution in [3.63, 3.8) is 0 Å². The van der Waals surface area contributed by atoms with Crippen molar-refractivity contribution < 1.29 is 0 Å². The number of nitrogens with zero attached hydrogens (tertiary/aromatic N) is 21. The monoisotopic (exact) mass is 1780 g/mol. The number of anilines is 9. The van der Waals surface area contributed by atoms with E-state index in [1.807, 2.05) is 0 Å². The largest absolute Gasteiger partial charge is 0.354 e. The predicted molar refractivity (Wildman–Crippen MR) is 548 cm³/mol. The van der Waals surface area contributed by atoms with Crippen molar-refractivity contribution in [3.8, 4) is 0 Å². The maximum atomic E-state index is 5.87. The van der Waals surface area contributed by atoms with Gasteiger partial charge in [0.15, 0.2) is 0 Å². The third kappa shape index (κ3) is 22.1. The summed E-state index contributed by atoms with van der Waals surface area (Å²) >= 11 is 0. The Morgan fingerprint density at radius 1 is 0.250 bits per heavy atom. The molecule has 0 radical (unpaired) electrons. The number of hydrogen-bond acceptors (Lipinski definition) is 24. The van der Waals surface area contributed by atoms with Crippen LogP contribution in [0.25, 0.3) is 0 Å². The van der Waals surface area contributed by atoms with Crippen LogP contribution >= 0.6 is 0 Å². The molecule has 9 rings (SSSR count). The van der Waals surface area contributed by atoms with Crippen LogP contribution in [0.5, 0.6) is 0 Å². The van der Waals surface area contributed by atoms with E-state index in [0.29, 0.717) is 17.8 Å². The summed E-state index contributed by atoms with van der Waals surface area (Å²) in [6.07, 6.45) is 27.2. The lowest BCUT2D eigenvalue weighted by Gasteiger charge is -2.59. The predicted octanol–water partition coefficient (Wildman–Crippen LogP) is 21.1. The van der Waals surface area contributed by atoms with Gasteiger partial charge in [0, 0.05) is 200 Å². The first-order valence-electron chi connectivity index (χ1n) is 52.2. The molecule has 24 nitrogen and oxygen atoms in total. The Morgan fingerprint density at radius 2 is 0.430 bits per heavy atom. The van der Waals surface area contributed by atoms with Crippen molar-refractivity contribution in [1.29, 1.82) is 0 Å². The van der Waals surface area contributed by atoms with E-state index >= 15 is 0 Å². The normalized spacial score (nSPS) is 25.6. The maximum Gasteiger partial charge on any atom is 0.232 e. The van der Waals surface area contributed by atoms with E-state index in [-0.39, 0.29) is 108 Å². The van der Waals surface area contributed by atoms with E-state index in [1.54, 1.807) is 0 Å². The molecule has 0 amide bonds. The molecular weight excluding hydrogens is 1590 g/mol. The van der Waals surface area contributed by atoms with Crippen LogP contribution in [0.1, 0.15) is 375 Å². The van der Waals surface area contributed by atoms with E-state index in [1.165, 1.54) is 0 Å². The highest BCUT2D eigenvalue weighted by molar-refractivity contribution is 5.52. The second-order valence-corrected chi connectivity index (χ2v) is 47.5. The first kappa shape index (κ1) is 107. The van der Waals surface area contributed by atoms with E-state index in [4.69, 9.17) is 44.9 Å². The first-order valence-corrected chi connectivity index (χ1v) is 52.2. The third-order valence-electron chi connectivity index (χ3n) is 38.1. The van der Waals surface area contributed by atoms with Crippen LogP contribution in [0.4, 0.5) is 53.5 Å². The van der Waals surface area contributed by atoms with E-state index in [0.717, 1.165) is 294 Å². The summed E-state index contributed by atoms with van der Waals surface area (Å²) in [7, 11) is 13.9. The molecule has 0 spiro atoms. The third-order valence-corrected chi connectivity index (χ3v) is 38.1. The van der Waals surface area contributed by atoms with Gasteiger partial charge in [-0.3, -0.25) is 0 Å². The van der Waals surface area contributed by atoms with Crippen molar-refractivity contribution in [2.75, 3.05) is 179 Å². The highest BCUT2D eigenvalue weighted by Crippen LogP contribution is 2.54. The smallest absolute Gasteiger partial charge is 0.232 e. The lowest BCUT2D eigenvalue weighted by molar-refractivity contribution is -0.0306. The summed E-state index contributed by atoms with van der Waals surface area (Å²) in [4.78, 5) is 82.6. The zero-order valence-corrected chi connectivity index (χ0v) is 89.7. The van der Waals surface area contributed by atoms with Crippen LogP contribution < -0.4 is 45.3 Å². The Labute approximate surface area is 785 Å². The van der Waals surface area contributed by atoms with Crippen molar-refractivity contribution in [2.24, 2.45) is 32.5 Å². The van der Waals surface area contributed by atoms with E-state index in [9.17, 15) is 0 Å². The number of rotatable bonds is 46. The zero-order chi connectivity index (χ0) is 94.9. The molecule has 9 heterocycles. The lowest BCUT2D eigenvalue weighted by atomic mass is 9.64. The summed E-state index contributed by atoms with van der Waals surface area (Å²) in [5.41, 5.74) is -0.770. The minimum Gasteiger partial charge on any atom is -0.354 e. The van der Waals surface area contributed by atoms with Crippen LogP contribution in [-0.4, -0.2) is 284 Å². The topological polar surface area (TPSA) is 191 Å². The molecule has 3 aromatic rings. The molecule has 0 aliphatic carbocycles. The first-order chi connectivity index (χ1) is 59.8. The molecule has 3 N–H and O–H groups in total. The molecule has 0 aromatic carbocycles. The van der Waals surface area contributed by atoms with Crippen LogP contribution in [-0.2, 0) is 0 Å². The molecule has 128 heavy (non-hydrogen) atoms. The van der Waals surface area contributed by atoms with Crippen molar-refractivity contribution in [2.45, 2.75) is 450 Å². The van der Waals surface area contributed by atoms with Gasteiger partial charge in [-0.1, -0.05) is 189 Å². The molecule has 24 heteroatoms. The molecule has 3 aromatic heterocycles. The van der Waals surface area contributed by atoms with Crippen LogP contribution in [0.3, 0.4) is 0 Å². The van der Waals surface area contributed by atoms with Crippen LogP contribution in [0.15, 0.2) is 0 Å². The number of piperidine rings is 6. The van der Waals surface area contributed by atoms with Gasteiger partial charge in [-0.15, -0.1) is 0 Å². The quantitative estimate of drug-likeness (QED) is 0.0452. The summed E-state index contributed by atoms with van der Waals surface area (Å²) in [6.45, 7) is 86.3. The second-order valence-electron chi connectivity index (χ2n) is 47.5. The van der Waals surface area contributed by atoms with Gasteiger partial charge in [0.1, 0.15) is 0 Å². The standard InChI is InChI=1S/C104H198N24/c1-37-43-65-123(78-57-71-117(31)99(19,20)93(78,7)8)87-108-84(109-88(114-87)124(66-44-38-2)79-58-72-118(32)100(21,22)94(79,9)10)105-63-53-49-51-55-77(107-86-112-91(127(69-47-41-5)82-61-75-121(35)103(27,28)97(82,15)16)116-92(113-86)128(70-48-42-6)83-62-76-122(36)104(29,30)98(83,17)18)56-52-50-54-64-106-85-110-89(125(67-45-39-3)80-59-73-119(33)101(23,24)95(80,11)12)115-90(111-85)126(68-46-40-4)81-60-74-120(34)102(25,26)96(81,13)14/h77-83H,37-76H2,1-36H3,(H,105,108,109,114)(H,106,110,111,115)(H,107,112,113,116). The van der Waals surface area contributed by atoms with Gasteiger partial charge in [0.25, 0.3) is 0 Å². The average molecular weight is 1780 g/mol. The average Bonchev–Trinajstić information content (AvgIpc) is 0.752. The SMILES string of the molecule is CCCCN(c1nc(NCCCCCC(CCCCCNc2nc(N(CCCC)C3CCN(C)C(C)(C)C3(C)C)nc(N(CCCC)C3CCN(C)C(C)(C)C3(C)C)n2)Nc2nc(N(CCCC)C3CCN(C)C(C)(C)C3(C)C)nc(N(CCCC)C3CCN(C)C(C)(C)C3(C)C)n2)nc(N(CCCC)C2CCN(C)C(C)(C)C2(C)C)n1)C1CCN(C)C(C)(C)C1(C)C. The van der Waals surface area contributed by atoms with E-state index < -0.39 is 0 Å². The van der Waals surface area contributed by atoms with Crippen molar-refractivity contribution in [3.05, 3.63) is 0 Å². The van der Waals surface area contributed by atoms with Crippen LogP contribution in [0, 0.1) is 32.5 Å². The molecule has 0 bridgehead atoms. The summed E-state index contributed by atoms with van der Waals surface area (Å²) < 4.78 is 0. The highest BCUT2D eigenvalue weighted by atomic mass is 15.4. The second kappa shape index (κ2) is 43.3. The Hall–Kier alpha value is -5.01. The number of likely N-dealkylation sites (tertiary alicyclic amines) is 6. The van der Waals surface area contributed by atoms with Crippen molar-refractivity contribution in [1.82, 2.24) is 74.3 Å². The Bertz CT molecular complexity index is 3520. The summed E-state index contributed by atoms with van der Waals surface area (Å²) in [5.74, 6) is 7.02. The van der Waals surface area contributed by atoms with Gasteiger partial charge in [-0.25, -0.2) is 0 Å². The maximum absolute atomic E-state index is 5.87. The van der Waals surface area contributed by atoms with Crippen molar-refractivity contribution >= 4 is 53.5 Å². The fraction of sp³-hybridized carbons (Fsp3) is 0.913. The minimum atomic E-state index is -0.0944. The number of aromatic nitrogens is 9. The van der Waals surface area contributed by atoms with E-state index in [2.05, 4.69) is 325 Å². The summed E-state index contributed by atoms with van der Waals surface area (Å²) in [6, 6.07) is 1.49. The number of hydrogen-bond donors (Lipinski definition) is 3. The Balaban J connectivity index is 1.09.